The quantitative estimate of drug-likeness (QED) is 0.431. The summed E-state index contributed by atoms with van der Waals surface area (Å²) < 4.78 is 0. The molecule has 1 heterocycles. The van der Waals surface area contributed by atoms with E-state index in [1.807, 2.05) is 13.1 Å². The molecule has 3 fully saturated rings. The Morgan fingerprint density at radius 2 is 1.94 bits per heavy atom. The predicted molar refractivity (Wildman–Crippen MR) is 125 cm³/mol. The summed E-state index contributed by atoms with van der Waals surface area (Å²) in [5, 5.41) is 9.07. The first-order valence-electron chi connectivity index (χ1n) is 12.0. The molecule has 3 N–H and O–H groups in total. The normalized spacial score (nSPS) is 29.2. The van der Waals surface area contributed by atoms with Gasteiger partial charge in [-0.2, -0.15) is 0 Å². The largest absolute Gasteiger partial charge is 0.384 e. The van der Waals surface area contributed by atoms with Gasteiger partial charge in [-0.15, -0.1) is 0 Å². The van der Waals surface area contributed by atoms with Crippen LogP contribution in [0.3, 0.4) is 0 Å². The van der Waals surface area contributed by atoms with Crippen molar-refractivity contribution in [3.05, 3.63) is 29.3 Å². The molecule has 8 nitrogen and oxygen atoms in total. The number of benzene rings is 1. The number of likely N-dealkylation sites (N-methyl/N-ethyl adjacent to an activating group) is 1. The van der Waals surface area contributed by atoms with Crippen molar-refractivity contribution in [1.29, 1.82) is 0 Å². The zero-order valence-electron chi connectivity index (χ0n) is 19.5. The molecule has 3 amide bonds. The highest BCUT2D eigenvalue weighted by molar-refractivity contribution is 6.07. The first-order valence-corrected chi connectivity index (χ1v) is 12.0. The lowest BCUT2D eigenvalue weighted by Crippen LogP contribution is -2.53. The van der Waals surface area contributed by atoms with Crippen LogP contribution >= 0.6 is 0 Å². The smallest absolute Gasteiger partial charge is 0.255 e. The molecule has 0 aromatic heterocycles. The van der Waals surface area contributed by atoms with Gasteiger partial charge in [0, 0.05) is 31.7 Å². The number of carbonyl (C=O) groups is 4. The molecular weight excluding hydrogens is 420 g/mol. The number of carbonyl (C=O) groups excluding carboxylic acids is 4. The SMILES string of the molecule is CN[C@H]1CCC2(CC1)C[C@H](CNc1cccc(C(=O)N(C)C3CCC(=O)NC3=O)c1C=O)C2. The number of piperidine rings is 1. The molecule has 3 aliphatic rings. The molecule has 33 heavy (non-hydrogen) atoms. The molecule has 1 aliphatic heterocycles. The molecule has 8 heteroatoms. The number of rotatable bonds is 7. The van der Waals surface area contributed by atoms with Gasteiger partial charge in [0.15, 0.2) is 6.29 Å². The second kappa shape index (κ2) is 9.63. The Morgan fingerprint density at radius 1 is 1.21 bits per heavy atom. The highest BCUT2D eigenvalue weighted by atomic mass is 16.2. The molecule has 2 saturated carbocycles. The first-order chi connectivity index (χ1) is 15.9. The van der Waals surface area contributed by atoms with Crippen LogP contribution < -0.4 is 16.0 Å². The molecule has 0 bridgehead atoms. The standard InChI is InChI=1S/C25H34N4O4/c1-26-17-8-10-25(11-9-17)12-16(13-25)14-27-20-5-3-4-18(19(20)15-30)24(33)29(2)21-6-7-22(31)28-23(21)32/h3-5,15-17,21,26-27H,6-14H2,1-2H3,(H,28,31,32)/t16-,17-,21?,25?. The summed E-state index contributed by atoms with van der Waals surface area (Å²) in [4.78, 5) is 50.0. The topological polar surface area (TPSA) is 108 Å². The number of imide groups is 1. The third-order valence-corrected chi connectivity index (χ3v) is 7.93. The van der Waals surface area contributed by atoms with Crippen molar-refractivity contribution in [2.24, 2.45) is 11.3 Å². The van der Waals surface area contributed by atoms with Crippen molar-refractivity contribution >= 4 is 29.7 Å². The van der Waals surface area contributed by atoms with E-state index >= 15 is 0 Å². The lowest BCUT2D eigenvalue weighted by Gasteiger charge is -2.52. The summed E-state index contributed by atoms with van der Waals surface area (Å²) in [6.45, 7) is 0.776. The van der Waals surface area contributed by atoms with Crippen LogP contribution in [0.5, 0.6) is 0 Å². The third-order valence-electron chi connectivity index (χ3n) is 7.93. The van der Waals surface area contributed by atoms with Crippen molar-refractivity contribution in [1.82, 2.24) is 15.5 Å². The minimum absolute atomic E-state index is 0.189. The highest BCUT2D eigenvalue weighted by Crippen LogP contribution is 2.54. The Morgan fingerprint density at radius 3 is 2.58 bits per heavy atom. The number of nitrogens with zero attached hydrogens (tertiary/aromatic N) is 1. The van der Waals surface area contributed by atoms with Crippen LogP contribution in [0.15, 0.2) is 18.2 Å². The molecule has 0 radical (unpaired) electrons. The van der Waals surface area contributed by atoms with Crippen LogP contribution in [0.25, 0.3) is 0 Å². The summed E-state index contributed by atoms with van der Waals surface area (Å²) in [5.41, 5.74) is 1.71. The summed E-state index contributed by atoms with van der Waals surface area (Å²) >= 11 is 0. The van der Waals surface area contributed by atoms with E-state index in [4.69, 9.17) is 0 Å². The van der Waals surface area contributed by atoms with E-state index in [9.17, 15) is 19.2 Å². The monoisotopic (exact) mass is 454 g/mol. The fourth-order valence-electron chi connectivity index (χ4n) is 5.91. The number of aldehydes is 1. The third kappa shape index (κ3) is 4.81. The van der Waals surface area contributed by atoms with E-state index in [0.717, 1.165) is 6.54 Å². The average molecular weight is 455 g/mol. The maximum absolute atomic E-state index is 13.1. The Balaban J connectivity index is 1.38. The molecule has 4 rings (SSSR count). The van der Waals surface area contributed by atoms with E-state index in [1.165, 1.54) is 50.5 Å². The zero-order valence-corrected chi connectivity index (χ0v) is 19.5. The van der Waals surface area contributed by atoms with Crippen molar-refractivity contribution in [2.45, 2.75) is 63.5 Å². The van der Waals surface area contributed by atoms with Crippen molar-refractivity contribution < 1.29 is 19.2 Å². The molecule has 178 valence electrons. The van der Waals surface area contributed by atoms with Crippen LogP contribution in [0.1, 0.15) is 72.1 Å². The van der Waals surface area contributed by atoms with Gasteiger partial charge in [0.1, 0.15) is 6.04 Å². The van der Waals surface area contributed by atoms with Crippen LogP contribution in [0.4, 0.5) is 5.69 Å². The summed E-state index contributed by atoms with van der Waals surface area (Å²) in [6, 6.07) is 5.11. The summed E-state index contributed by atoms with van der Waals surface area (Å²) in [6.07, 6.45) is 8.65. The van der Waals surface area contributed by atoms with Crippen LogP contribution in [-0.2, 0) is 9.59 Å². The van der Waals surface area contributed by atoms with E-state index in [1.54, 1.807) is 12.1 Å². The molecule has 1 atom stereocenters. The lowest BCUT2D eigenvalue weighted by atomic mass is 9.55. The van der Waals surface area contributed by atoms with Crippen LogP contribution in [-0.4, -0.2) is 61.6 Å². The molecule has 1 aromatic rings. The zero-order chi connectivity index (χ0) is 23.6. The number of hydrogen-bond acceptors (Lipinski definition) is 6. The predicted octanol–water partition coefficient (Wildman–Crippen LogP) is 2.35. The van der Waals surface area contributed by atoms with Crippen molar-refractivity contribution in [3.63, 3.8) is 0 Å². The Bertz CT molecular complexity index is 930. The molecule has 1 unspecified atom stereocenters. The second-order valence-electron chi connectivity index (χ2n) is 9.99. The van der Waals surface area contributed by atoms with E-state index in [-0.39, 0.29) is 24.3 Å². The Kier molecular flexibility index (Phi) is 6.83. The maximum atomic E-state index is 13.1. The van der Waals surface area contributed by atoms with Gasteiger partial charge in [-0.05, 0) is 75.5 Å². The number of amides is 3. The van der Waals surface area contributed by atoms with E-state index in [2.05, 4.69) is 16.0 Å². The van der Waals surface area contributed by atoms with E-state index in [0.29, 0.717) is 34.9 Å². The molecule has 1 spiro atoms. The molecule has 1 aromatic carbocycles. The number of nitrogens with one attached hydrogen (secondary N) is 3. The summed E-state index contributed by atoms with van der Waals surface area (Å²) in [7, 11) is 3.58. The van der Waals surface area contributed by atoms with Crippen LogP contribution in [0.2, 0.25) is 0 Å². The van der Waals surface area contributed by atoms with Gasteiger partial charge < -0.3 is 15.5 Å². The van der Waals surface area contributed by atoms with Gasteiger partial charge in [-0.3, -0.25) is 24.5 Å². The Labute approximate surface area is 194 Å². The Hall–Kier alpha value is -2.74. The number of anilines is 1. The van der Waals surface area contributed by atoms with Gasteiger partial charge in [-0.25, -0.2) is 0 Å². The molecular formula is C25H34N4O4. The van der Waals surface area contributed by atoms with E-state index < -0.39 is 17.9 Å². The minimum Gasteiger partial charge on any atom is -0.384 e. The first kappa shape index (κ1) is 23.4. The van der Waals surface area contributed by atoms with Gasteiger partial charge in [0.2, 0.25) is 11.8 Å². The fraction of sp³-hybridized carbons (Fsp3) is 0.600. The average Bonchev–Trinajstić information content (AvgIpc) is 2.80. The fourth-order valence-corrected chi connectivity index (χ4v) is 5.91. The lowest BCUT2D eigenvalue weighted by molar-refractivity contribution is -0.136. The maximum Gasteiger partial charge on any atom is 0.255 e. The minimum atomic E-state index is -0.726. The number of hydrogen-bond donors (Lipinski definition) is 3. The molecule has 1 saturated heterocycles. The van der Waals surface area contributed by atoms with Crippen molar-refractivity contribution in [3.8, 4) is 0 Å². The van der Waals surface area contributed by atoms with Gasteiger partial charge in [0.05, 0.1) is 11.1 Å². The van der Waals surface area contributed by atoms with Gasteiger partial charge >= 0.3 is 0 Å². The molecule has 2 aliphatic carbocycles. The van der Waals surface area contributed by atoms with Crippen LogP contribution in [0, 0.1) is 11.3 Å². The highest BCUT2D eigenvalue weighted by Gasteiger charge is 2.45. The van der Waals surface area contributed by atoms with Gasteiger partial charge in [0.25, 0.3) is 5.91 Å². The summed E-state index contributed by atoms with van der Waals surface area (Å²) in [5.74, 6) is -0.642. The second-order valence-corrected chi connectivity index (χ2v) is 9.99. The van der Waals surface area contributed by atoms with Crippen molar-refractivity contribution in [2.75, 3.05) is 26.0 Å². The van der Waals surface area contributed by atoms with Gasteiger partial charge in [-0.1, -0.05) is 6.07 Å².